The number of hydrogen-bond acceptors (Lipinski definition) is 4. The van der Waals surface area contributed by atoms with Gasteiger partial charge >= 0.3 is 12.1 Å². The summed E-state index contributed by atoms with van der Waals surface area (Å²) in [6.07, 6.45) is -0.978. The average Bonchev–Trinajstić information content (AvgIpc) is 3.49. The summed E-state index contributed by atoms with van der Waals surface area (Å²) in [6.45, 7) is 5.71. The molecule has 7 nitrogen and oxygen atoms in total. The van der Waals surface area contributed by atoms with Crippen LogP contribution in [0.1, 0.15) is 18.4 Å². The third kappa shape index (κ3) is 4.91. The zero-order valence-corrected chi connectivity index (χ0v) is 17.5. The number of carbonyl (C=O) groups excluding carboxylic acids is 1. The molecule has 174 valence electrons. The van der Waals surface area contributed by atoms with Crippen molar-refractivity contribution >= 4 is 22.8 Å². The van der Waals surface area contributed by atoms with E-state index in [2.05, 4.69) is 39.0 Å². The monoisotopic (exact) mass is 453 g/mol. The van der Waals surface area contributed by atoms with Crippen LogP contribution < -0.4 is 0 Å². The van der Waals surface area contributed by atoms with E-state index in [-0.39, 0.29) is 0 Å². The van der Waals surface area contributed by atoms with Gasteiger partial charge in [0.2, 0.25) is 5.91 Å². The van der Waals surface area contributed by atoms with Crippen molar-refractivity contribution in [2.45, 2.75) is 31.7 Å². The van der Waals surface area contributed by atoms with Gasteiger partial charge in [-0.2, -0.15) is 13.2 Å². The molecule has 2 N–H and O–H groups in total. The fourth-order valence-electron chi connectivity index (χ4n) is 4.91. The molecule has 3 atom stereocenters. The lowest BCUT2D eigenvalue weighted by Crippen LogP contribution is -2.35. The van der Waals surface area contributed by atoms with Gasteiger partial charge in [-0.1, -0.05) is 12.1 Å². The highest BCUT2D eigenvalue weighted by Gasteiger charge is 2.44. The number of halogens is 3. The number of hydrogen-bond donors (Lipinski definition) is 2. The molecule has 0 bridgehead atoms. The standard InChI is InChI=1S/C20H25N3O2.C2HF3O2/c24-20-5-2-8-23(20)10-15-13-25-19-12-22(11-17(15)19)9-14-3-1-4-18-16(14)6-7-21-18;3-2(4,5)1(6)7/h1,3-4,6-7,15,17,19,21H,2,5,8-13H2;(H,6,7)/t15-,17+,19+;/m0./s1. The summed E-state index contributed by atoms with van der Waals surface area (Å²) in [5.74, 6) is -1.36. The van der Waals surface area contributed by atoms with Crippen LogP contribution in [0.25, 0.3) is 10.9 Å². The van der Waals surface area contributed by atoms with E-state index in [9.17, 15) is 18.0 Å². The second kappa shape index (κ2) is 9.11. The number of ether oxygens (including phenoxy) is 1. The number of nitrogens with one attached hydrogen (secondary N) is 1. The molecule has 3 aliphatic heterocycles. The van der Waals surface area contributed by atoms with E-state index in [0.717, 1.165) is 52.2 Å². The Morgan fingerprint density at radius 2 is 2.03 bits per heavy atom. The molecule has 32 heavy (non-hydrogen) atoms. The second-order valence-electron chi connectivity index (χ2n) is 8.59. The number of aromatic nitrogens is 1. The minimum absolute atomic E-state index is 0.331. The largest absolute Gasteiger partial charge is 0.490 e. The molecule has 0 spiro atoms. The number of likely N-dealkylation sites (tertiary alicyclic amines) is 2. The Labute approximate surface area is 183 Å². The van der Waals surface area contributed by atoms with Crippen molar-refractivity contribution in [2.75, 3.05) is 32.8 Å². The summed E-state index contributed by atoms with van der Waals surface area (Å²) >= 11 is 0. The van der Waals surface area contributed by atoms with Crippen molar-refractivity contribution in [3.05, 3.63) is 36.0 Å². The maximum Gasteiger partial charge on any atom is 0.490 e. The normalized spacial score (nSPS) is 25.8. The SMILES string of the molecule is O=C(O)C(F)(F)F.O=C1CCCN1C[C@H]1CO[C@@H]2CN(Cc3cccc4[nH]ccc34)C[C@H]12. The first kappa shape index (κ1) is 22.6. The van der Waals surface area contributed by atoms with Crippen LogP contribution >= 0.6 is 0 Å². The number of carboxylic acids is 1. The van der Waals surface area contributed by atoms with Gasteiger partial charge in [-0.3, -0.25) is 9.69 Å². The molecule has 3 saturated heterocycles. The third-order valence-corrected chi connectivity index (χ3v) is 6.46. The van der Waals surface area contributed by atoms with Crippen LogP contribution in [0.5, 0.6) is 0 Å². The zero-order valence-electron chi connectivity index (χ0n) is 17.5. The van der Waals surface area contributed by atoms with Crippen molar-refractivity contribution in [2.24, 2.45) is 11.8 Å². The summed E-state index contributed by atoms with van der Waals surface area (Å²) in [7, 11) is 0. The molecular weight excluding hydrogens is 427 g/mol. The van der Waals surface area contributed by atoms with E-state index >= 15 is 0 Å². The van der Waals surface area contributed by atoms with Crippen LogP contribution in [0.2, 0.25) is 0 Å². The van der Waals surface area contributed by atoms with Crippen LogP contribution in [-0.4, -0.2) is 76.8 Å². The molecule has 0 saturated carbocycles. The summed E-state index contributed by atoms with van der Waals surface area (Å²) in [4.78, 5) is 28.7. The van der Waals surface area contributed by atoms with E-state index in [0.29, 0.717) is 23.8 Å². The molecular formula is C22H26F3N3O4. The van der Waals surface area contributed by atoms with Crippen molar-refractivity contribution in [1.29, 1.82) is 0 Å². The highest BCUT2D eigenvalue weighted by atomic mass is 19.4. The number of fused-ring (bicyclic) bond motifs is 2. The Hall–Kier alpha value is -2.59. The first-order chi connectivity index (χ1) is 15.2. The fourth-order valence-corrected chi connectivity index (χ4v) is 4.91. The molecule has 10 heteroatoms. The van der Waals surface area contributed by atoms with Crippen LogP contribution in [0.4, 0.5) is 13.2 Å². The summed E-state index contributed by atoms with van der Waals surface area (Å²) < 4.78 is 37.8. The topological polar surface area (TPSA) is 85.9 Å². The lowest BCUT2D eigenvalue weighted by molar-refractivity contribution is -0.192. The highest BCUT2D eigenvalue weighted by Crippen LogP contribution is 2.35. The third-order valence-electron chi connectivity index (χ3n) is 6.46. The van der Waals surface area contributed by atoms with Gasteiger partial charge in [-0.25, -0.2) is 4.79 Å². The van der Waals surface area contributed by atoms with Gasteiger partial charge in [0.1, 0.15) is 0 Å². The predicted octanol–water partition coefficient (Wildman–Crippen LogP) is 2.87. The zero-order chi connectivity index (χ0) is 22.9. The van der Waals surface area contributed by atoms with Gasteiger partial charge < -0.3 is 19.7 Å². The molecule has 3 aliphatic rings. The van der Waals surface area contributed by atoms with Crippen LogP contribution in [0.3, 0.4) is 0 Å². The number of carbonyl (C=O) groups is 2. The summed E-state index contributed by atoms with van der Waals surface area (Å²) in [6, 6.07) is 8.65. The molecule has 5 rings (SSSR count). The van der Waals surface area contributed by atoms with Gasteiger partial charge in [0.15, 0.2) is 0 Å². The minimum Gasteiger partial charge on any atom is -0.475 e. The Bertz CT molecular complexity index is 977. The van der Waals surface area contributed by atoms with Crippen molar-refractivity contribution in [3.8, 4) is 0 Å². The molecule has 1 aromatic carbocycles. The van der Waals surface area contributed by atoms with Gasteiger partial charge in [-0.05, 0) is 24.1 Å². The van der Waals surface area contributed by atoms with Crippen molar-refractivity contribution < 1.29 is 32.6 Å². The van der Waals surface area contributed by atoms with E-state index < -0.39 is 12.1 Å². The Kier molecular flexibility index (Phi) is 6.43. The molecule has 4 heterocycles. The Morgan fingerprint density at radius 3 is 2.72 bits per heavy atom. The summed E-state index contributed by atoms with van der Waals surface area (Å²) in [5, 5.41) is 8.44. The molecule has 0 radical (unpaired) electrons. The average molecular weight is 453 g/mol. The number of H-pyrrole nitrogens is 1. The second-order valence-corrected chi connectivity index (χ2v) is 8.59. The van der Waals surface area contributed by atoms with E-state index in [1.807, 2.05) is 6.20 Å². The lowest BCUT2D eigenvalue weighted by atomic mass is 9.93. The Morgan fingerprint density at radius 1 is 1.25 bits per heavy atom. The number of benzene rings is 1. The molecule has 2 aromatic rings. The van der Waals surface area contributed by atoms with Gasteiger partial charge in [-0.15, -0.1) is 0 Å². The number of nitrogens with zero attached hydrogens (tertiary/aromatic N) is 2. The van der Waals surface area contributed by atoms with Crippen LogP contribution in [0.15, 0.2) is 30.5 Å². The molecule has 3 fully saturated rings. The quantitative estimate of drug-likeness (QED) is 0.744. The van der Waals surface area contributed by atoms with Crippen molar-refractivity contribution in [1.82, 2.24) is 14.8 Å². The predicted molar refractivity (Wildman–Crippen MR) is 110 cm³/mol. The lowest BCUT2D eigenvalue weighted by Gasteiger charge is -2.24. The first-order valence-corrected chi connectivity index (χ1v) is 10.7. The van der Waals surface area contributed by atoms with E-state index in [1.165, 1.54) is 16.5 Å². The van der Waals surface area contributed by atoms with E-state index in [1.54, 1.807) is 0 Å². The molecule has 1 aromatic heterocycles. The van der Waals surface area contributed by atoms with Crippen LogP contribution in [-0.2, 0) is 20.9 Å². The molecule has 0 aliphatic carbocycles. The molecule has 0 unspecified atom stereocenters. The smallest absolute Gasteiger partial charge is 0.475 e. The first-order valence-electron chi connectivity index (χ1n) is 10.7. The number of carboxylic acid groups (broad SMARTS) is 1. The fraction of sp³-hybridized carbons (Fsp3) is 0.545. The Balaban J connectivity index is 0.000000307. The number of aromatic amines is 1. The van der Waals surface area contributed by atoms with Crippen molar-refractivity contribution in [3.63, 3.8) is 0 Å². The summed E-state index contributed by atoms with van der Waals surface area (Å²) in [5.41, 5.74) is 2.59. The minimum atomic E-state index is -5.08. The number of aliphatic carboxylic acids is 1. The maximum absolute atomic E-state index is 11.9. The van der Waals surface area contributed by atoms with Crippen LogP contribution in [0, 0.1) is 11.8 Å². The van der Waals surface area contributed by atoms with Gasteiger partial charge in [0.25, 0.3) is 0 Å². The highest BCUT2D eigenvalue weighted by molar-refractivity contribution is 5.82. The van der Waals surface area contributed by atoms with E-state index in [4.69, 9.17) is 14.6 Å². The number of rotatable bonds is 4. The maximum atomic E-state index is 11.9. The number of alkyl halides is 3. The van der Waals surface area contributed by atoms with Gasteiger partial charge in [0.05, 0.1) is 12.7 Å². The van der Waals surface area contributed by atoms with Gasteiger partial charge in [0, 0.05) is 68.1 Å². The number of amides is 1. The molecule has 1 amide bonds.